The van der Waals surface area contributed by atoms with Gasteiger partial charge in [-0.1, -0.05) is 48.5 Å². The van der Waals surface area contributed by atoms with Crippen molar-refractivity contribution in [1.82, 2.24) is 0 Å². The Labute approximate surface area is 202 Å². The molecule has 6 heteroatoms. The summed E-state index contributed by atoms with van der Waals surface area (Å²) >= 11 is 0. The van der Waals surface area contributed by atoms with E-state index in [0.29, 0.717) is 11.1 Å². The van der Waals surface area contributed by atoms with Crippen LogP contribution < -0.4 is 9.47 Å². The van der Waals surface area contributed by atoms with Crippen molar-refractivity contribution in [1.29, 1.82) is 0 Å². The van der Waals surface area contributed by atoms with Crippen molar-refractivity contribution >= 4 is 10.7 Å². The van der Waals surface area contributed by atoms with Crippen molar-refractivity contribution in [3.63, 3.8) is 0 Å². The Bertz CT molecular complexity index is 1200. The van der Waals surface area contributed by atoms with Gasteiger partial charge in [-0.2, -0.15) is 0 Å². The Balaban J connectivity index is 0.000000204. The lowest BCUT2D eigenvalue weighted by Crippen LogP contribution is -2.18. The smallest absolute Gasteiger partial charge is 0.149 e. The molecule has 0 amide bonds. The van der Waals surface area contributed by atoms with Gasteiger partial charge in [-0.25, -0.2) is 8.42 Å². The Morgan fingerprint density at radius 3 is 1.44 bits per heavy atom. The lowest BCUT2D eigenvalue weighted by Gasteiger charge is -2.18. The summed E-state index contributed by atoms with van der Waals surface area (Å²) in [6.45, 7) is 5.03. The topological polar surface area (TPSA) is 72.8 Å². The molecular weight excluding hydrogens is 448 g/mol. The number of ether oxygens (including phenoxy) is 2. The van der Waals surface area contributed by atoms with Crippen LogP contribution in [0.5, 0.6) is 28.7 Å². The van der Waals surface area contributed by atoms with Crippen molar-refractivity contribution in [3.8, 4) is 28.7 Å². The van der Waals surface area contributed by atoms with Crippen LogP contribution in [0.2, 0.25) is 0 Å². The molecule has 176 valence electrons. The maximum absolute atomic E-state index is 11.0. The van der Waals surface area contributed by atoms with Crippen LogP contribution in [0.1, 0.15) is 25.0 Å². The predicted molar refractivity (Wildman–Crippen MR) is 136 cm³/mol. The first-order chi connectivity index (χ1) is 16.3. The highest BCUT2D eigenvalue weighted by molar-refractivity contribution is 7.73. The zero-order valence-electron chi connectivity index (χ0n) is 19.3. The van der Waals surface area contributed by atoms with Crippen molar-refractivity contribution < 1.29 is 23.0 Å². The molecule has 0 saturated carbocycles. The zero-order valence-corrected chi connectivity index (χ0v) is 20.2. The van der Waals surface area contributed by atoms with Crippen LogP contribution in [0, 0.1) is 6.92 Å². The van der Waals surface area contributed by atoms with Gasteiger partial charge in [0.15, 0.2) is 0 Å². The van der Waals surface area contributed by atoms with Crippen molar-refractivity contribution in [3.05, 3.63) is 114 Å². The van der Waals surface area contributed by atoms with Gasteiger partial charge in [0.2, 0.25) is 0 Å². The number of hydrogen-bond donors (Lipinski definition) is 2. The van der Waals surface area contributed by atoms with Gasteiger partial charge in [0, 0.05) is 0 Å². The summed E-state index contributed by atoms with van der Waals surface area (Å²) in [6.07, 6.45) is 0. The van der Waals surface area contributed by atoms with Gasteiger partial charge in [0.25, 0.3) is 0 Å². The Kier molecular flexibility index (Phi) is 8.33. The number of hydrogen-bond acceptors (Lipinski definition) is 5. The van der Waals surface area contributed by atoms with E-state index in [1.54, 1.807) is 32.9 Å². The molecule has 34 heavy (non-hydrogen) atoms. The monoisotopic (exact) mass is 476 g/mol. The molecule has 0 aromatic heterocycles. The standard InChI is InChI=1S/C18H14O2.C10H14O3S/c1-3-7-15(8-4-1)19-17-11-13-18(14-12-17)20-16-9-5-2-6-10-16;1-7-6-8(4-5-9(7)11)10(2,3)14(12)13/h1-14H;4-6,11,14H,1-3H3. The van der Waals surface area contributed by atoms with Crippen LogP contribution >= 0.6 is 0 Å². The van der Waals surface area contributed by atoms with E-state index in [1.807, 2.05) is 84.9 Å². The third-order valence-corrected chi connectivity index (χ3v) is 6.31. The maximum Gasteiger partial charge on any atom is 0.149 e. The molecule has 0 heterocycles. The molecule has 5 nitrogen and oxygen atoms in total. The van der Waals surface area contributed by atoms with Gasteiger partial charge in [-0.15, -0.1) is 0 Å². The molecule has 4 rings (SSSR count). The van der Waals surface area contributed by atoms with Gasteiger partial charge in [0.05, 0.1) is 4.75 Å². The second kappa shape index (κ2) is 11.4. The summed E-state index contributed by atoms with van der Waals surface area (Å²) in [7, 11) is -2.52. The minimum atomic E-state index is -2.52. The summed E-state index contributed by atoms with van der Waals surface area (Å²) in [5.74, 6) is 3.41. The highest BCUT2D eigenvalue weighted by Gasteiger charge is 2.24. The molecule has 0 aliphatic rings. The second-order valence-corrected chi connectivity index (χ2v) is 9.75. The third kappa shape index (κ3) is 6.86. The molecule has 0 unspecified atom stereocenters. The lowest BCUT2D eigenvalue weighted by molar-refractivity contribution is 0.469. The molecular formula is C28H28O5S. The first kappa shape index (κ1) is 24.9. The molecule has 0 fully saturated rings. The SMILES string of the molecule is Cc1cc(C(C)(C)[SH](=O)=O)ccc1O.c1ccc(Oc2ccc(Oc3ccccc3)cc2)cc1. The summed E-state index contributed by atoms with van der Waals surface area (Å²) in [5.41, 5.74) is 1.39. The van der Waals surface area contributed by atoms with Crippen LogP contribution in [-0.4, -0.2) is 13.5 Å². The summed E-state index contributed by atoms with van der Waals surface area (Å²) in [5, 5.41) is 9.30. The minimum Gasteiger partial charge on any atom is -0.508 e. The first-order valence-electron chi connectivity index (χ1n) is 10.8. The normalized spacial score (nSPS) is 10.8. The van der Waals surface area contributed by atoms with E-state index in [-0.39, 0.29) is 5.75 Å². The van der Waals surface area contributed by atoms with E-state index in [4.69, 9.17) is 9.47 Å². The highest BCUT2D eigenvalue weighted by Crippen LogP contribution is 2.28. The average Bonchev–Trinajstić information content (AvgIpc) is 2.84. The summed E-state index contributed by atoms with van der Waals surface area (Å²) < 4.78 is 32.6. The molecule has 4 aromatic rings. The fraction of sp³-hybridized carbons (Fsp3) is 0.143. The number of para-hydroxylation sites is 2. The van der Waals surface area contributed by atoms with E-state index < -0.39 is 15.5 Å². The molecule has 0 saturated heterocycles. The van der Waals surface area contributed by atoms with Crippen molar-refractivity contribution in [2.45, 2.75) is 25.5 Å². The van der Waals surface area contributed by atoms with E-state index in [1.165, 1.54) is 6.07 Å². The Hall–Kier alpha value is -3.77. The fourth-order valence-corrected chi connectivity index (χ4v) is 3.32. The Morgan fingerprint density at radius 2 is 1.06 bits per heavy atom. The number of phenols is 1. The van der Waals surface area contributed by atoms with Crippen molar-refractivity contribution in [2.24, 2.45) is 0 Å². The number of benzene rings is 4. The molecule has 4 aromatic carbocycles. The molecule has 0 spiro atoms. The summed E-state index contributed by atoms with van der Waals surface area (Å²) in [6, 6.07) is 31.8. The van der Waals surface area contributed by atoms with Crippen LogP contribution in [0.25, 0.3) is 0 Å². The maximum atomic E-state index is 11.0. The second-order valence-electron chi connectivity index (χ2n) is 8.12. The zero-order chi connectivity index (χ0) is 24.6. The minimum absolute atomic E-state index is 0.186. The first-order valence-corrected chi connectivity index (χ1v) is 11.9. The number of thiol groups is 1. The largest absolute Gasteiger partial charge is 0.508 e. The molecule has 0 radical (unpaired) electrons. The number of phenolic OH excluding ortho intramolecular Hbond substituents is 1. The lowest BCUT2D eigenvalue weighted by atomic mass is 10.00. The molecule has 0 aliphatic heterocycles. The van der Waals surface area contributed by atoms with E-state index in [0.717, 1.165) is 23.0 Å². The van der Waals surface area contributed by atoms with Gasteiger partial charge in [-0.3, -0.25) is 0 Å². The third-order valence-electron chi connectivity index (χ3n) is 5.14. The van der Waals surface area contributed by atoms with Gasteiger partial charge in [-0.05, 0) is 86.5 Å². The predicted octanol–water partition coefficient (Wildman–Crippen LogP) is 6.82. The van der Waals surface area contributed by atoms with E-state index in [9.17, 15) is 13.5 Å². The van der Waals surface area contributed by atoms with Gasteiger partial charge >= 0.3 is 0 Å². The average molecular weight is 477 g/mol. The summed E-state index contributed by atoms with van der Waals surface area (Å²) in [4.78, 5) is 0. The van der Waals surface area contributed by atoms with Crippen LogP contribution in [0.4, 0.5) is 0 Å². The molecule has 0 aliphatic carbocycles. The van der Waals surface area contributed by atoms with Crippen LogP contribution in [0.15, 0.2) is 103 Å². The number of rotatable bonds is 6. The molecule has 1 N–H and O–H groups in total. The van der Waals surface area contributed by atoms with Crippen LogP contribution in [-0.2, 0) is 15.5 Å². The number of aromatic hydroxyl groups is 1. The van der Waals surface area contributed by atoms with Crippen LogP contribution in [0.3, 0.4) is 0 Å². The van der Waals surface area contributed by atoms with Gasteiger partial charge < -0.3 is 14.6 Å². The number of aryl methyl sites for hydroxylation is 1. The Morgan fingerprint density at radius 1 is 0.647 bits per heavy atom. The molecule has 0 bridgehead atoms. The fourth-order valence-electron chi connectivity index (χ4n) is 2.97. The van der Waals surface area contributed by atoms with Crippen molar-refractivity contribution in [2.75, 3.05) is 0 Å². The van der Waals surface area contributed by atoms with E-state index in [2.05, 4.69) is 0 Å². The van der Waals surface area contributed by atoms with E-state index >= 15 is 0 Å². The van der Waals surface area contributed by atoms with Gasteiger partial charge in [0.1, 0.15) is 39.5 Å². The molecule has 0 atom stereocenters. The quantitative estimate of drug-likeness (QED) is 0.299. The highest BCUT2D eigenvalue weighted by atomic mass is 32.2.